The van der Waals surface area contributed by atoms with Crippen molar-refractivity contribution in [3.05, 3.63) is 65.2 Å². The minimum absolute atomic E-state index is 0.0252. The molecule has 1 saturated heterocycles. The van der Waals surface area contributed by atoms with E-state index in [0.29, 0.717) is 17.9 Å². The Morgan fingerprint density at radius 2 is 1.93 bits per heavy atom. The fourth-order valence-electron chi connectivity index (χ4n) is 2.97. The van der Waals surface area contributed by atoms with Crippen LogP contribution in [0, 0.1) is 0 Å². The number of nitrogens with one attached hydrogen (secondary N) is 2. The van der Waals surface area contributed by atoms with Crippen LogP contribution in [0.15, 0.2) is 48.5 Å². The van der Waals surface area contributed by atoms with Gasteiger partial charge in [-0.2, -0.15) is 13.2 Å². The number of ether oxygens (including phenoxy) is 1. The van der Waals surface area contributed by atoms with Crippen LogP contribution in [0.3, 0.4) is 0 Å². The lowest BCUT2D eigenvalue weighted by atomic mass is 10.1. The molecule has 1 fully saturated rings. The van der Waals surface area contributed by atoms with E-state index in [1.165, 1.54) is 6.07 Å². The summed E-state index contributed by atoms with van der Waals surface area (Å²) in [6.45, 7) is 1.26. The van der Waals surface area contributed by atoms with Crippen molar-refractivity contribution in [1.29, 1.82) is 0 Å². The zero-order valence-electron chi connectivity index (χ0n) is 14.7. The molecule has 0 radical (unpaired) electrons. The second-order valence-electron chi connectivity index (χ2n) is 6.50. The first-order valence-electron chi connectivity index (χ1n) is 8.81. The Morgan fingerprint density at radius 3 is 2.67 bits per heavy atom. The summed E-state index contributed by atoms with van der Waals surface area (Å²) in [4.78, 5) is 12.0. The molecule has 0 spiro atoms. The monoisotopic (exact) mass is 378 g/mol. The molecule has 2 N–H and O–H groups in total. The van der Waals surface area contributed by atoms with Crippen LogP contribution in [0.5, 0.6) is 5.75 Å². The third kappa shape index (κ3) is 5.47. The number of rotatable bonds is 6. The fraction of sp³-hybridized carbons (Fsp3) is 0.350. The molecule has 27 heavy (non-hydrogen) atoms. The molecule has 0 unspecified atom stereocenters. The van der Waals surface area contributed by atoms with Crippen LogP contribution in [-0.2, 0) is 24.1 Å². The Bertz CT molecular complexity index is 787. The topological polar surface area (TPSA) is 50.4 Å². The largest absolute Gasteiger partial charge is 0.489 e. The Morgan fingerprint density at radius 1 is 1.15 bits per heavy atom. The standard InChI is InChI=1S/C20H21F3N2O2/c21-20(22,23)16-6-1-5-15(10-16)13-27-17-7-2-4-14(11-17)12-25-19(26)18-8-3-9-24-18/h1-2,4-7,10-11,18,24H,3,8-9,12-13H2,(H,25,26)/t18-/m0/s1. The highest BCUT2D eigenvalue weighted by atomic mass is 19.4. The van der Waals surface area contributed by atoms with Crippen LogP contribution >= 0.6 is 0 Å². The average molecular weight is 378 g/mol. The zero-order chi connectivity index (χ0) is 19.3. The normalized spacial score (nSPS) is 16.9. The Kier molecular flexibility index (Phi) is 6.01. The highest BCUT2D eigenvalue weighted by Gasteiger charge is 2.30. The molecule has 1 aliphatic rings. The van der Waals surface area contributed by atoms with Gasteiger partial charge in [-0.3, -0.25) is 4.79 Å². The first-order valence-corrected chi connectivity index (χ1v) is 8.81. The van der Waals surface area contributed by atoms with Crippen molar-refractivity contribution in [3.63, 3.8) is 0 Å². The van der Waals surface area contributed by atoms with E-state index in [2.05, 4.69) is 10.6 Å². The summed E-state index contributed by atoms with van der Waals surface area (Å²) in [7, 11) is 0. The molecule has 3 rings (SSSR count). The van der Waals surface area contributed by atoms with Gasteiger partial charge in [-0.15, -0.1) is 0 Å². The lowest BCUT2D eigenvalue weighted by molar-refractivity contribution is -0.137. The molecule has 2 aromatic rings. The minimum atomic E-state index is -4.37. The number of alkyl halides is 3. The molecule has 144 valence electrons. The van der Waals surface area contributed by atoms with Crippen LogP contribution < -0.4 is 15.4 Å². The highest BCUT2D eigenvalue weighted by Crippen LogP contribution is 2.29. The van der Waals surface area contributed by atoms with E-state index >= 15 is 0 Å². The van der Waals surface area contributed by atoms with Crippen molar-refractivity contribution >= 4 is 5.91 Å². The Labute approximate surface area is 155 Å². The van der Waals surface area contributed by atoms with Gasteiger partial charge in [-0.25, -0.2) is 0 Å². The van der Waals surface area contributed by atoms with Gasteiger partial charge in [-0.05, 0) is 54.8 Å². The number of hydrogen-bond donors (Lipinski definition) is 2. The lowest BCUT2D eigenvalue weighted by Crippen LogP contribution is -2.39. The molecule has 1 heterocycles. The second kappa shape index (κ2) is 8.43. The van der Waals surface area contributed by atoms with Crippen molar-refractivity contribution in [1.82, 2.24) is 10.6 Å². The van der Waals surface area contributed by atoms with Crippen molar-refractivity contribution in [2.24, 2.45) is 0 Å². The molecule has 7 heteroatoms. The summed E-state index contributed by atoms with van der Waals surface area (Å²) in [5, 5.41) is 6.02. The summed E-state index contributed by atoms with van der Waals surface area (Å²) in [6.07, 6.45) is -2.54. The summed E-state index contributed by atoms with van der Waals surface area (Å²) in [5.74, 6) is 0.515. The van der Waals surface area contributed by atoms with E-state index < -0.39 is 11.7 Å². The van der Waals surface area contributed by atoms with Crippen molar-refractivity contribution in [3.8, 4) is 5.75 Å². The molecular formula is C20H21F3N2O2. The summed E-state index contributed by atoms with van der Waals surface area (Å²) >= 11 is 0. The van der Waals surface area contributed by atoms with Crippen molar-refractivity contribution in [2.45, 2.75) is 38.2 Å². The third-order valence-corrected chi connectivity index (χ3v) is 4.40. The van der Waals surface area contributed by atoms with E-state index in [0.717, 1.165) is 37.1 Å². The number of amides is 1. The quantitative estimate of drug-likeness (QED) is 0.807. The summed E-state index contributed by atoms with van der Waals surface area (Å²) in [6, 6.07) is 12.1. The van der Waals surface area contributed by atoms with Gasteiger partial charge in [0.1, 0.15) is 12.4 Å². The van der Waals surface area contributed by atoms with Crippen LogP contribution in [0.2, 0.25) is 0 Å². The van der Waals surface area contributed by atoms with E-state index in [-0.39, 0.29) is 18.6 Å². The zero-order valence-corrected chi connectivity index (χ0v) is 14.7. The highest BCUT2D eigenvalue weighted by molar-refractivity contribution is 5.81. The fourth-order valence-corrected chi connectivity index (χ4v) is 2.97. The molecule has 4 nitrogen and oxygen atoms in total. The van der Waals surface area contributed by atoms with E-state index in [9.17, 15) is 18.0 Å². The minimum Gasteiger partial charge on any atom is -0.489 e. The molecule has 1 aliphatic heterocycles. The smallest absolute Gasteiger partial charge is 0.416 e. The van der Waals surface area contributed by atoms with Gasteiger partial charge in [0.05, 0.1) is 11.6 Å². The summed E-state index contributed by atoms with van der Waals surface area (Å²) < 4.78 is 43.9. The van der Waals surface area contributed by atoms with E-state index in [1.807, 2.05) is 6.07 Å². The first-order chi connectivity index (χ1) is 12.9. The van der Waals surface area contributed by atoms with Crippen LogP contribution in [-0.4, -0.2) is 18.5 Å². The maximum absolute atomic E-state index is 12.8. The maximum Gasteiger partial charge on any atom is 0.416 e. The van der Waals surface area contributed by atoms with Gasteiger partial charge >= 0.3 is 6.18 Å². The van der Waals surface area contributed by atoms with Gasteiger partial charge < -0.3 is 15.4 Å². The summed E-state index contributed by atoms with van der Waals surface area (Å²) in [5.41, 5.74) is 0.610. The Hall–Kier alpha value is -2.54. The van der Waals surface area contributed by atoms with Gasteiger partial charge in [0.25, 0.3) is 0 Å². The van der Waals surface area contributed by atoms with E-state index in [1.54, 1.807) is 24.3 Å². The molecule has 0 aromatic heterocycles. The van der Waals surface area contributed by atoms with E-state index in [4.69, 9.17) is 4.74 Å². The first kappa shape index (κ1) is 19.2. The number of halogens is 3. The van der Waals surface area contributed by atoms with Crippen LogP contribution in [0.1, 0.15) is 29.5 Å². The van der Waals surface area contributed by atoms with Gasteiger partial charge in [-0.1, -0.05) is 24.3 Å². The Balaban J connectivity index is 1.55. The number of carbonyl (C=O) groups is 1. The van der Waals surface area contributed by atoms with Crippen LogP contribution in [0.25, 0.3) is 0 Å². The van der Waals surface area contributed by atoms with Crippen molar-refractivity contribution < 1.29 is 22.7 Å². The van der Waals surface area contributed by atoms with Gasteiger partial charge in [0.2, 0.25) is 5.91 Å². The number of hydrogen-bond acceptors (Lipinski definition) is 3. The van der Waals surface area contributed by atoms with Crippen LogP contribution in [0.4, 0.5) is 13.2 Å². The average Bonchev–Trinajstić information content (AvgIpc) is 3.19. The molecule has 0 bridgehead atoms. The predicted molar refractivity (Wildman–Crippen MR) is 95.1 cm³/mol. The number of carbonyl (C=O) groups excluding carboxylic acids is 1. The number of benzene rings is 2. The SMILES string of the molecule is O=C(NCc1cccc(OCc2cccc(C(F)(F)F)c2)c1)[C@@H]1CCCN1. The molecule has 2 aromatic carbocycles. The molecule has 0 saturated carbocycles. The second-order valence-corrected chi connectivity index (χ2v) is 6.50. The predicted octanol–water partition coefficient (Wildman–Crippen LogP) is 3.65. The van der Waals surface area contributed by atoms with Gasteiger partial charge in [0.15, 0.2) is 0 Å². The van der Waals surface area contributed by atoms with Gasteiger partial charge in [0, 0.05) is 6.54 Å². The molecule has 0 aliphatic carbocycles. The third-order valence-electron chi connectivity index (χ3n) is 4.40. The molecule has 1 amide bonds. The molecule has 1 atom stereocenters. The lowest BCUT2D eigenvalue weighted by Gasteiger charge is -2.13. The maximum atomic E-state index is 12.8. The molecular weight excluding hydrogens is 357 g/mol. The van der Waals surface area contributed by atoms with Crippen molar-refractivity contribution in [2.75, 3.05) is 6.54 Å².